The van der Waals surface area contributed by atoms with Crippen LogP contribution in [0.3, 0.4) is 0 Å². The van der Waals surface area contributed by atoms with Gasteiger partial charge in [-0.25, -0.2) is 4.68 Å². The van der Waals surface area contributed by atoms with Gasteiger partial charge in [-0.15, -0.1) is 5.10 Å². The molecule has 0 spiro atoms. The first kappa shape index (κ1) is 22.0. The van der Waals surface area contributed by atoms with Gasteiger partial charge in [0.15, 0.2) is 5.15 Å². The third kappa shape index (κ3) is 4.15. The maximum absolute atomic E-state index is 12.7. The van der Waals surface area contributed by atoms with Gasteiger partial charge in [-0.3, -0.25) is 9.59 Å². The van der Waals surface area contributed by atoms with Gasteiger partial charge in [0.05, 0.1) is 18.1 Å². The summed E-state index contributed by atoms with van der Waals surface area (Å²) >= 11 is 12.3. The molecule has 0 aromatic carbocycles. The summed E-state index contributed by atoms with van der Waals surface area (Å²) in [4.78, 5) is 24.9. The van der Waals surface area contributed by atoms with E-state index < -0.39 is 5.56 Å². The quantitative estimate of drug-likeness (QED) is 0.680. The molecule has 1 amide bonds. The fourth-order valence-corrected chi connectivity index (χ4v) is 5.45. The van der Waals surface area contributed by atoms with Gasteiger partial charge >= 0.3 is 0 Å². The molecular weight excluding hydrogens is 439 g/mol. The fourth-order valence-electron chi connectivity index (χ4n) is 5.08. The Hall–Kier alpha value is -2.19. The SMILES string of the molecule is C[C@@H]1[C@H]2C[C@@H](C[C@H]1Nc1cnn(CC(=O)NCc3ccnnc3Cl)c(=O)c1Cl)C2(C)C. The van der Waals surface area contributed by atoms with Crippen LogP contribution in [0.4, 0.5) is 5.69 Å². The molecule has 0 aliphatic heterocycles. The van der Waals surface area contributed by atoms with Crippen molar-refractivity contribution in [1.82, 2.24) is 25.3 Å². The number of nitrogens with one attached hydrogen (secondary N) is 2. The van der Waals surface area contributed by atoms with E-state index in [1.807, 2.05) is 0 Å². The molecule has 3 fully saturated rings. The highest BCUT2D eigenvalue weighted by Crippen LogP contribution is 2.61. The second kappa shape index (κ2) is 8.39. The van der Waals surface area contributed by atoms with Crippen molar-refractivity contribution < 1.29 is 4.79 Å². The van der Waals surface area contributed by atoms with Crippen LogP contribution >= 0.6 is 23.2 Å². The van der Waals surface area contributed by atoms with E-state index in [0.717, 1.165) is 11.1 Å². The van der Waals surface area contributed by atoms with Crippen molar-refractivity contribution in [2.45, 2.75) is 52.7 Å². The van der Waals surface area contributed by atoms with Crippen LogP contribution in [0.15, 0.2) is 23.3 Å². The van der Waals surface area contributed by atoms with Gasteiger partial charge in [-0.1, -0.05) is 44.0 Å². The van der Waals surface area contributed by atoms with Gasteiger partial charge in [0.1, 0.15) is 11.6 Å². The lowest BCUT2D eigenvalue weighted by Gasteiger charge is -2.62. The van der Waals surface area contributed by atoms with Gasteiger partial charge < -0.3 is 10.6 Å². The van der Waals surface area contributed by atoms with Crippen molar-refractivity contribution in [2.75, 3.05) is 5.32 Å². The second-order valence-corrected chi connectivity index (χ2v) is 9.90. The average Bonchev–Trinajstić information content (AvgIpc) is 2.73. The maximum atomic E-state index is 12.7. The zero-order chi connectivity index (χ0) is 22.3. The van der Waals surface area contributed by atoms with E-state index >= 15 is 0 Å². The van der Waals surface area contributed by atoms with Crippen LogP contribution in [-0.2, 0) is 17.9 Å². The van der Waals surface area contributed by atoms with Crippen molar-refractivity contribution in [1.29, 1.82) is 0 Å². The Balaban J connectivity index is 1.39. The molecule has 8 nitrogen and oxygen atoms in total. The Labute approximate surface area is 190 Å². The highest BCUT2D eigenvalue weighted by atomic mass is 35.5. The predicted octanol–water partition coefficient (Wildman–Crippen LogP) is 3.14. The van der Waals surface area contributed by atoms with E-state index in [0.29, 0.717) is 34.4 Å². The predicted molar refractivity (Wildman–Crippen MR) is 119 cm³/mol. The monoisotopic (exact) mass is 464 g/mol. The van der Waals surface area contributed by atoms with E-state index in [1.165, 1.54) is 18.8 Å². The minimum Gasteiger partial charge on any atom is -0.379 e. The molecule has 5 rings (SSSR count). The summed E-state index contributed by atoms with van der Waals surface area (Å²) < 4.78 is 1.06. The minimum absolute atomic E-state index is 0.0508. The number of amides is 1. The van der Waals surface area contributed by atoms with Crippen LogP contribution in [-0.4, -0.2) is 31.9 Å². The third-order valence-electron chi connectivity index (χ3n) is 7.20. The van der Waals surface area contributed by atoms with Gasteiger partial charge in [0.25, 0.3) is 5.56 Å². The first-order chi connectivity index (χ1) is 14.7. The lowest BCUT2D eigenvalue weighted by atomic mass is 9.45. The number of rotatable bonds is 6. The van der Waals surface area contributed by atoms with E-state index in [9.17, 15) is 9.59 Å². The highest BCUT2D eigenvalue weighted by Gasteiger charge is 2.56. The van der Waals surface area contributed by atoms with E-state index in [4.69, 9.17) is 23.2 Å². The lowest BCUT2D eigenvalue weighted by molar-refractivity contribution is -0.122. The van der Waals surface area contributed by atoms with Crippen LogP contribution in [0, 0.1) is 23.2 Å². The topological polar surface area (TPSA) is 102 Å². The van der Waals surface area contributed by atoms with Gasteiger partial charge in [0, 0.05) is 18.2 Å². The molecule has 2 aromatic rings. The smallest absolute Gasteiger partial charge is 0.288 e. The number of hydrogen-bond donors (Lipinski definition) is 2. The summed E-state index contributed by atoms with van der Waals surface area (Å²) in [5.41, 5.74) is 1.03. The standard InChI is InChI=1S/C21H26Cl2N6O2/c1-11-14-6-13(21(14,2)3)7-15(11)27-16-9-26-29(20(31)18(16)22)10-17(30)24-8-12-4-5-25-28-19(12)23/h4-5,9,11,13-15,27H,6-8,10H2,1-3H3,(H,24,30)/t11-,13+,14-,15-/m1/s1. The van der Waals surface area contributed by atoms with Crippen LogP contribution in [0.25, 0.3) is 0 Å². The number of fused-ring (bicyclic) bond motifs is 2. The van der Waals surface area contributed by atoms with Crippen LogP contribution in [0.2, 0.25) is 10.2 Å². The zero-order valence-electron chi connectivity index (χ0n) is 17.7. The molecule has 0 unspecified atom stereocenters. The van der Waals surface area contributed by atoms with E-state index in [1.54, 1.807) is 6.07 Å². The van der Waals surface area contributed by atoms with Gasteiger partial charge in [-0.2, -0.15) is 10.2 Å². The maximum Gasteiger partial charge on any atom is 0.288 e. The van der Waals surface area contributed by atoms with Crippen molar-refractivity contribution in [3.8, 4) is 0 Å². The molecule has 0 radical (unpaired) electrons. The van der Waals surface area contributed by atoms with E-state index in [2.05, 4.69) is 46.7 Å². The van der Waals surface area contributed by atoms with Crippen LogP contribution in [0.5, 0.6) is 0 Å². The molecule has 31 heavy (non-hydrogen) atoms. The molecule has 2 heterocycles. The lowest BCUT2D eigenvalue weighted by Crippen LogP contribution is -2.58. The van der Waals surface area contributed by atoms with E-state index in [-0.39, 0.29) is 35.2 Å². The Morgan fingerprint density at radius 3 is 2.77 bits per heavy atom. The summed E-state index contributed by atoms with van der Waals surface area (Å²) in [6.07, 6.45) is 5.34. The van der Waals surface area contributed by atoms with Crippen molar-refractivity contribution in [3.63, 3.8) is 0 Å². The molecule has 4 atom stereocenters. The Bertz CT molecular complexity index is 1060. The summed E-state index contributed by atoms with van der Waals surface area (Å²) in [5, 5.41) is 17.9. The molecule has 2 N–H and O–H groups in total. The molecule has 3 aliphatic rings. The summed E-state index contributed by atoms with van der Waals surface area (Å²) in [6, 6.07) is 1.92. The Morgan fingerprint density at radius 2 is 2.10 bits per heavy atom. The second-order valence-electron chi connectivity index (χ2n) is 9.17. The molecule has 3 aliphatic carbocycles. The molecule has 166 valence electrons. The van der Waals surface area contributed by atoms with Gasteiger partial charge in [-0.05, 0) is 42.1 Å². The first-order valence-corrected chi connectivity index (χ1v) is 11.2. The van der Waals surface area contributed by atoms with Crippen LogP contribution < -0.4 is 16.2 Å². The molecule has 10 heteroatoms. The number of aromatic nitrogens is 4. The first-order valence-electron chi connectivity index (χ1n) is 10.4. The normalized spacial score (nSPS) is 26.1. The average molecular weight is 465 g/mol. The summed E-state index contributed by atoms with van der Waals surface area (Å²) in [5.74, 6) is 1.45. The fraction of sp³-hybridized carbons (Fsp3) is 0.571. The minimum atomic E-state index is -0.501. The number of hydrogen-bond acceptors (Lipinski definition) is 6. The highest BCUT2D eigenvalue weighted by molar-refractivity contribution is 6.33. The Kier molecular flexibility index (Phi) is 5.96. The molecule has 0 saturated heterocycles. The van der Waals surface area contributed by atoms with Crippen molar-refractivity contribution in [3.05, 3.63) is 44.6 Å². The number of halogens is 2. The zero-order valence-corrected chi connectivity index (χ0v) is 19.2. The number of nitrogens with zero attached hydrogens (tertiary/aromatic N) is 4. The largest absolute Gasteiger partial charge is 0.379 e. The van der Waals surface area contributed by atoms with Crippen molar-refractivity contribution >= 4 is 34.8 Å². The molecule has 3 saturated carbocycles. The molecule has 2 aromatic heterocycles. The van der Waals surface area contributed by atoms with Crippen LogP contribution in [0.1, 0.15) is 39.2 Å². The number of anilines is 1. The number of carbonyl (C=O) groups excluding carboxylic acids is 1. The van der Waals surface area contributed by atoms with Gasteiger partial charge in [0.2, 0.25) is 5.91 Å². The Morgan fingerprint density at radius 1 is 1.32 bits per heavy atom. The number of carbonyl (C=O) groups is 1. The molecule has 2 bridgehead atoms. The summed E-state index contributed by atoms with van der Waals surface area (Å²) in [6.45, 7) is 6.88. The van der Waals surface area contributed by atoms with Crippen molar-refractivity contribution in [2.24, 2.45) is 23.2 Å². The third-order valence-corrected chi connectivity index (χ3v) is 7.89. The molecular formula is C21H26Cl2N6O2. The summed E-state index contributed by atoms with van der Waals surface area (Å²) in [7, 11) is 0.